The zero-order chi connectivity index (χ0) is 18.3. The third-order valence-electron chi connectivity index (χ3n) is 4.64. The van der Waals surface area contributed by atoms with Gasteiger partial charge in [0.2, 0.25) is 15.9 Å². The SMILES string of the molecule is CS(=O)(=O)NCc1noc([C@H](CCCC2CCCCC2)CC(=O)O)n1. The van der Waals surface area contributed by atoms with Crippen LogP contribution in [0.1, 0.15) is 75.4 Å². The molecular weight excluding hydrogens is 346 g/mol. The highest BCUT2D eigenvalue weighted by atomic mass is 32.2. The van der Waals surface area contributed by atoms with E-state index in [9.17, 15) is 13.2 Å². The van der Waals surface area contributed by atoms with E-state index in [2.05, 4.69) is 14.9 Å². The fourth-order valence-corrected chi connectivity index (χ4v) is 3.74. The first kappa shape index (κ1) is 19.8. The molecule has 0 amide bonds. The molecule has 0 aromatic carbocycles. The lowest BCUT2D eigenvalue weighted by Gasteiger charge is -2.21. The zero-order valence-electron chi connectivity index (χ0n) is 14.6. The summed E-state index contributed by atoms with van der Waals surface area (Å²) in [7, 11) is -3.34. The van der Waals surface area contributed by atoms with E-state index in [0.717, 1.165) is 25.0 Å². The molecule has 25 heavy (non-hydrogen) atoms. The Labute approximate surface area is 148 Å². The number of carboxylic acid groups (broad SMARTS) is 1. The van der Waals surface area contributed by atoms with Crippen molar-refractivity contribution in [3.05, 3.63) is 11.7 Å². The van der Waals surface area contributed by atoms with Gasteiger partial charge >= 0.3 is 5.97 Å². The van der Waals surface area contributed by atoms with Crippen LogP contribution in [0.4, 0.5) is 0 Å². The van der Waals surface area contributed by atoms with E-state index < -0.39 is 16.0 Å². The van der Waals surface area contributed by atoms with Gasteiger partial charge < -0.3 is 9.63 Å². The first-order valence-electron chi connectivity index (χ1n) is 8.82. The minimum absolute atomic E-state index is 0.0637. The van der Waals surface area contributed by atoms with E-state index in [-0.39, 0.29) is 30.6 Å². The van der Waals surface area contributed by atoms with Crippen LogP contribution in [0.3, 0.4) is 0 Å². The van der Waals surface area contributed by atoms with Gasteiger partial charge in [0, 0.05) is 5.92 Å². The van der Waals surface area contributed by atoms with Gasteiger partial charge in [0.1, 0.15) is 0 Å². The van der Waals surface area contributed by atoms with Crippen molar-refractivity contribution in [1.82, 2.24) is 14.9 Å². The van der Waals surface area contributed by atoms with Gasteiger partial charge in [0.25, 0.3) is 0 Å². The molecule has 0 saturated heterocycles. The van der Waals surface area contributed by atoms with E-state index in [4.69, 9.17) is 9.63 Å². The molecule has 1 saturated carbocycles. The molecular formula is C16H27N3O5S. The minimum Gasteiger partial charge on any atom is -0.481 e. The normalized spacial score (nSPS) is 17.5. The molecule has 0 radical (unpaired) electrons. The second-order valence-corrected chi connectivity index (χ2v) is 8.70. The summed E-state index contributed by atoms with van der Waals surface area (Å²) < 4.78 is 29.7. The first-order valence-corrected chi connectivity index (χ1v) is 10.7. The monoisotopic (exact) mass is 373 g/mol. The third kappa shape index (κ3) is 7.52. The molecule has 0 bridgehead atoms. The molecule has 0 spiro atoms. The van der Waals surface area contributed by atoms with Gasteiger partial charge in [-0.25, -0.2) is 13.1 Å². The molecule has 0 aliphatic heterocycles. The Morgan fingerprint density at radius 3 is 2.72 bits per heavy atom. The predicted octanol–water partition coefficient (Wildman–Crippen LogP) is 2.43. The van der Waals surface area contributed by atoms with Gasteiger partial charge in [-0.15, -0.1) is 0 Å². The molecule has 1 aromatic heterocycles. The van der Waals surface area contributed by atoms with Gasteiger partial charge in [0.05, 0.1) is 19.2 Å². The standard InChI is InChI=1S/C16H27N3O5S/c1-25(22,23)17-11-14-18-16(24-19-14)13(10-15(20)21)9-5-8-12-6-3-2-4-7-12/h12-13,17H,2-11H2,1H3,(H,20,21)/t13-/m1/s1. The van der Waals surface area contributed by atoms with Crippen LogP contribution in [-0.2, 0) is 21.4 Å². The van der Waals surface area contributed by atoms with Gasteiger partial charge in [-0.1, -0.05) is 50.1 Å². The second kappa shape index (κ2) is 9.28. The van der Waals surface area contributed by atoms with Gasteiger partial charge in [-0.2, -0.15) is 4.98 Å². The Hall–Kier alpha value is -1.48. The highest BCUT2D eigenvalue weighted by molar-refractivity contribution is 7.88. The zero-order valence-corrected chi connectivity index (χ0v) is 15.4. The van der Waals surface area contributed by atoms with Crippen molar-refractivity contribution in [2.75, 3.05) is 6.26 Å². The second-order valence-electron chi connectivity index (χ2n) is 6.87. The van der Waals surface area contributed by atoms with Crippen molar-refractivity contribution in [3.63, 3.8) is 0 Å². The van der Waals surface area contributed by atoms with Crippen molar-refractivity contribution in [1.29, 1.82) is 0 Å². The lowest BCUT2D eigenvalue weighted by atomic mass is 9.84. The van der Waals surface area contributed by atoms with E-state index in [1.165, 1.54) is 32.1 Å². The van der Waals surface area contributed by atoms with E-state index in [0.29, 0.717) is 6.42 Å². The van der Waals surface area contributed by atoms with Crippen molar-refractivity contribution in [2.45, 2.75) is 70.3 Å². The molecule has 9 heteroatoms. The summed E-state index contributed by atoms with van der Waals surface area (Å²) in [5.74, 6) is -0.00636. The Morgan fingerprint density at radius 2 is 2.08 bits per heavy atom. The van der Waals surface area contributed by atoms with Crippen LogP contribution in [-0.4, -0.2) is 35.9 Å². The molecule has 1 fully saturated rings. The van der Waals surface area contributed by atoms with Crippen LogP contribution in [0.5, 0.6) is 0 Å². The van der Waals surface area contributed by atoms with Crippen LogP contribution in [0, 0.1) is 5.92 Å². The highest BCUT2D eigenvalue weighted by Crippen LogP contribution is 2.31. The number of hydrogen-bond donors (Lipinski definition) is 2. The van der Waals surface area contributed by atoms with Gasteiger partial charge in [-0.05, 0) is 12.3 Å². The first-order chi connectivity index (χ1) is 11.8. The van der Waals surface area contributed by atoms with Crippen LogP contribution in [0.15, 0.2) is 4.52 Å². The maximum Gasteiger partial charge on any atom is 0.304 e. The van der Waals surface area contributed by atoms with Gasteiger partial charge in [-0.3, -0.25) is 4.79 Å². The van der Waals surface area contributed by atoms with Crippen molar-refractivity contribution in [3.8, 4) is 0 Å². The molecule has 0 unspecified atom stereocenters. The molecule has 1 heterocycles. The van der Waals surface area contributed by atoms with E-state index in [1.54, 1.807) is 0 Å². The molecule has 1 aliphatic carbocycles. The maximum atomic E-state index is 11.1. The number of carbonyl (C=O) groups is 1. The van der Waals surface area contributed by atoms with Gasteiger partial charge in [0.15, 0.2) is 5.82 Å². The van der Waals surface area contributed by atoms with Crippen LogP contribution in [0.25, 0.3) is 0 Å². The van der Waals surface area contributed by atoms with Crippen molar-refractivity contribution >= 4 is 16.0 Å². The third-order valence-corrected chi connectivity index (χ3v) is 5.30. The molecule has 1 atom stereocenters. The Kier molecular flexibility index (Phi) is 7.37. The summed E-state index contributed by atoms with van der Waals surface area (Å²) in [6.45, 7) is -0.0653. The summed E-state index contributed by atoms with van der Waals surface area (Å²) >= 11 is 0. The highest BCUT2D eigenvalue weighted by Gasteiger charge is 2.23. The molecule has 1 aliphatic rings. The lowest BCUT2D eigenvalue weighted by Crippen LogP contribution is -2.21. The number of hydrogen-bond acceptors (Lipinski definition) is 6. The number of carboxylic acids is 1. The molecule has 1 aromatic rings. The van der Waals surface area contributed by atoms with E-state index in [1.807, 2.05) is 0 Å². The summed E-state index contributed by atoms with van der Waals surface area (Å²) in [5, 5.41) is 12.9. The number of rotatable bonds is 10. The largest absolute Gasteiger partial charge is 0.481 e. The quantitative estimate of drug-likeness (QED) is 0.645. The van der Waals surface area contributed by atoms with Crippen molar-refractivity contribution in [2.24, 2.45) is 5.92 Å². The molecule has 142 valence electrons. The topological polar surface area (TPSA) is 122 Å². The fourth-order valence-electron chi connectivity index (χ4n) is 3.35. The fraction of sp³-hybridized carbons (Fsp3) is 0.812. The summed E-state index contributed by atoms with van der Waals surface area (Å²) in [6.07, 6.45) is 10.2. The van der Waals surface area contributed by atoms with Crippen LogP contribution < -0.4 is 4.72 Å². The number of sulfonamides is 1. The Balaban J connectivity index is 1.89. The number of nitrogens with zero attached hydrogens (tertiary/aromatic N) is 2. The molecule has 8 nitrogen and oxygen atoms in total. The average Bonchev–Trinajstić information content (AvgIpc) is 3.01. The number of nitrogens with one attached hydrogen (secondary N) is 1. The molecule has 2 N–H and O–H groups in total. The smallest absolute Gasteiger partial charge is 0.304 e. The molecule has 2 rings (SSSR count). The number of aromatic nitrogens is 2. The summed E-state index contributed by atoms with van der Waals surface area (Å²) in [5.41, 5.74) is 0. The number of aliphatic carboxylic acids is 1. The predicted molar refractivity (Wildman–Crippen MR) is 91.4 cm³/mol. The van der Waals surface area contributed by atoms with E-state index >= 15 is 0 Å². The lowest BCUT2D eigenvalue weighted by molar-refractivity contribution is -0.137. The minimum atomic E-state index is -3.34. The van der Waals surface area contributed by atoms with Crippen LogP contribution in [0.2, 0.25) is 0 Å². The summed E-state index contributed by atoms with van der Waals surface area (Å²) in [6, 6.07) is 0. The van der Waals surface area contributed by atoms with Crippen LogP contribution >= 0.6 is 0 Å². The summed E-state index contributed by atoms with van der Waals surface area (Å²) in [4.78, 5) is 15.3. The maximum absolute atomic E-state index is 11.1. The Bertz CT molecular complexity index is 652. The van der Waals surface area contributed by atoms with Crippen molar-refractivity contribution < 1.29 is 22.8 Å². The average molecular weight is 373 g/mol. The Morgan fingerprint density at radius 1 is 1.36 bits per heavy atom.